The number of carbonyl (C=O) groups excluding carboxylic acids is 7. The van der Waals surface area contributed by atoms with Gasteiger partial charge in [0.1, 0.15) is 17.2 Å². The van der Waals surface area contributed by atoms with Crippen molar-refractivity contribution in [2.45, 2.75) is 159 Å². The number of nitrogens with zero attached hydrogens (tertiary/aromatic N) is 2. The zero-order valence-corrected chi connectivity index (χ0v) is 43.6. The van der Waals surface area contributed by atoms with E-state index in [1.165, 1.54) is 0 Å². The Morgan fingerprint density at radius 3 is 1.51 bits per heavy atom. The predicted octanol–water partition coefficient (Wildman–Crippen LogP) is 7.00. The first-order chi connectivity index (χ1) is 35.8. The fourth-order valence-corrected chi connectivity index (χ4v) is 11.0. The molecular formula is C56H78N4O14. The van der Waals surface area contributed by atoms with E-state index in [-0.39, 0.29) is 68.7 Å². The smallest absolute Gasteiger partial charge is 0.318 e. The second-order valence-electron chi connectivity index (χ2n) is 20.8. The number of urea groups is 2. The molecule has 0 spiro atoms. The molecule has 2 saturated carbocycles. The average molecular weight is 1030 g/mol. The lowest BCUT2D eigenvalue weighted by atomic mass is 9.74. The van der Waals surface area contributed by atoms with Crippen LogP contribution < -0.4 is 29.6 Å². The SMILES string of the molecule is CCCC[C@H](CC(=O)C1(NC(=O)N2CCOCC2)CCCCC1)C(=O)C(=O)Cc1ccc2c(c1)OCO2.CCCC[C@H](CC(=O)C1(NC(=O)N2CCOCC2)CCCCC1)[C@H](O)C(=O)Cc1ccc2c(c1)OCO2. The normalized spacial score (nSPS) is 19.7. The molecule has 4 amide bonds. The highest BCUT2D eigenvalue weighted by Crippen LogP contribution is 2.37. The van der Waals surface area contributed by atoms with E-state index < -0.39 is 40.6 Å². The minimum atomic E-state index is -1.25. The molecular weight excluding hydrogens is 953 g/mol. The molecule has 74 heavy (non-hydrogen) atoms. The van der Waals surface area contributed by atoms with Gasteiger partial charge in [-0.25, -0.2) is 9.59 Å². The van der Waals surface area contributed by atoms with Crippen molar-refractivity contribution >= 4 is 41.0 Å². The van der Waals surface area contributed by atoms with Crippen LogP contribution in [0.3, 0.4) is 0 Å². The summed E-state index contributed by atoms with van der Waals surface area (Å²) in [6, 6.07) is 10.0. The quantitative estimate of drug-likeness (QED) is 0.101. The number of ether oxygens (including phenoxy) is 6. The van der Waals surface area contributed by atoms with Gasteiger partial charge in [0, 0.05) is 57.8 Å². The second kappa shape index (κ2) is 27.3. The molecule has 18 nitrogen and oxygen atoms in total. The molecule has 0 radical (unpaired) electrons. The second-order valence-corrected chi connectivity index (χ2v) is 20.8. The van der Waals surface area contributed by atoms with E-state index in [0.717, 1.165) is 69.8 Å². The number of aliphatic hydroxyl groups is 1. The van der Waals surface area contributed by atoms with E-state index in [0.29, 0.717) is 120 Å². The summed E-state index contributed by atoms with van der Waals surface area (Å²) < 4.78 is 32.1. The number of nitrogens with one attached hydrogen (secondary N) is 2. The van der Waals surface area contributed by atoms with Crippen LogP contribution in [0.25, 0.3) is 0 Å². The number of hydrogen-bond donors (Lipinski definition) is 3. The van der Waals surface area contributed by atoms with Gasteiger partial charge in [0.2, 0.25) is 25.2 Å². The number of ketones is 5. The fraction of sp³-hybridized carbons (Fsp3) is 0.661. The Kier molecular flexibility index (Phi) is 20.7. The van der Waals surface area contributed by atoms with E-state index in [1.807, 2.05) is 13.8 Å². The highest BCUT2D eigenvalue weighted by Gasteiger charge is 2.45. The number of fused-ring (bicyclic) bond motifs is 2. The van der Waals surface area contributed by atoms with E-state index >= 15 is 0 Å². The Morgan fingerprint density at radius 1 is 0.581 bits per heavy atom. The van der Waals surface area contributed by atoms with Crippen molar-refractivity contribution in [2.24, 2.45) is 11.8 Å². The summed E-state index contributed by atoms with van der Waals surface area (Å²) >= 11 is 0. The Balaban J connectivity index is 0.000000216. The third-order valence-electron chi connectivity index (χ3n) is 15.5. The Labute approximate surface area is 435 Å². The number of benzene rings is 2. The Hall–Kier alpha value is -5.59. The van der Waals surface area contributed by atoms with Crippen LogP contribution in [0.4, 0.5) is 9.59 Å². The molecule has 0 aromatic heterocycles. The van der Waals surface area contributed by atoms with Gasteiger partial charge in [0.15, 0.2) is 40.3 Å². The molecule has 0 unspecified atom stereocenters. The van der Waals surface area contributed by atoms with Crippen LogP contribution in [-0.4, -0.2) is 139 Å². The Bertz CT molecular complexity index is 2260. The highest BCUT2D eigenvalue weighted by atomic mass is 16.7. The van der Waals surface area contributed by atoms with Gasteiger partial charge in [-0.15, -0.1) is 0 Å². The van der Waals surface area contributed by atoms with Gasteiger partial charge in [0.25, 0.3) is 0 Å². The largest absolute Gasteiger partial charge is 0.454 e. The molecule has 2 aromatic carbocycles. The molecule has 3 N–H and O–H groups in total. The molecule has 3 atom stereocenters. The van der Waals surface area contributed by atoms with Crippen molar-refractivity contribution in [1.29, 1.82) is 0 Å². The van der Waals surface area contributed by atoms with Gasteiger partial charge in [0.05, 0.1) is 26.4 Å². The van der Waals surface area contributed by atoms with Gasteiger partial charge in [-0.3, -0.25) is 24.0 Å². The van der Waals surface area contributed by atoms with Gasteiger partial charge in [-0.05, 0) is 79.8 Å². The lowest BCUT2D eigenvalue weighted by Crippen LogP contribution is -2.60. The lowest BCUT2D eigenvalue weighted by Gasteiger charge is -2.40. The third-order valence-corrected chi connectivity index (χ3v) is 15.5. The molecule has 4 aliphatic heterocycles. The van der Waals surface area contributed by atoms with Gasteiger partial charge in [-0.2, -0.15) is 0 Å². The van der Waals surface area contributed by atoms with Crippen LogP contribution in [0, 0.1) is 11.8 Å². The minimum absolute atomic E-state index is 0.0326. The first-order valence-electron chi connectivity index (χ1n) is 27.2. The number of aliphatic hydroxyl groups excluding tert-OH is 1. The summed E-state index contributed by atoms with van der Waals surface area (Å²) in [5.74, 6) is -0.329. The summed E-state index contributed by atoms with van der Waals surface area (Å²) in [6.07, 6.45) is 10.8. The molecule has 18 heteroatoms. The van der Waals surface area contributed by atoms with Gasteiger partial charge >= 0.3 is 12.1 Å². The zero-order chi connectivity index (χ0) is 52.5. The van der Waals surface area contributed by atoms with Crippen LogP contribution in [-0.2, 0) is 46.3 Å². The van der Waals surface area contributed by atoms with Crippen molar-refractivity contribution < 1.29 is 67.1 Å². The first-order valence-corrected chi connectivity index (χ1v) is 27.2. The molecule has 0 bridgehead atoms. The number of carbonyl (C=O) groups is 7. The third kappa shape index (κ3) is 14.8. The maximum atomic E-state index is 13.8. The van der Waals surface area contributed by atoms with E-state index in [9.17, 15) is 38.7 Å². The molecule has 2 saturated heterocycles. The number of amides is 4. The summed E-state index contributed by atoms with van der Waals surface area (Å²) in [4.78, 5) is 96.5. The maximum absolute atomic E-state index is 13.8. The number of morpholine rings is 2. The summed E-state index contributed by atoms with van der Waals surface area (Å²) in [7, 11) is 0. The Morgan fingerprint density at radius 2 is 1.03 bits per heavy atom. The monoisotopic (exact) mass is 1030 g/mol. The lowest BCUT2D eigenvalue weighted by molar-refractivity contribution is -0.140. The number of rotatable bonds is 22. The van der Waals surface area contributed by atoms with Crippen molar-refractivity contribution in [1.82, 2.24) is 20.4 Å². The molecule has 8 rings (SSSR count). The van der Waals surface area contributed by atoms with Gasteiger partial charge < -0.3 is 54.0 Å². The average Bonchev–Trinajstić information content (AvgIpc) is 4.11. The molecule has 4 fully saturated rings. The summed E-state index contributed by atoms with van der Waals surface area (Å²) in [5.41, 5.74) is -0.531. The van der Waals surface area contributed by atoms with E-state index in [4.69, 9.17) is 28.4 Å². The minimum Gasteiger partial charge on any atom is -0.454 e. The van der Waals surface area contributed by atoms with Gasteiger partial charge in [-0.1, -0.05) is 90.2 Å². The number of Topliss-reactive ketones (excluding diaryl/α,β-unsaturated/α-hetero) is 5. The standard InChI is InChI=1S/C28H40N2O7.C28H38N2O7/c2*1-2-3-7-21(26(33)22(31)16-20-8-9-23-24(17-20)37-19-36-23)18-25(32)28(10-5-4-6-11-28)29-27(34)30-12-14-35-15-13-30/h8-9,17,21,26,33H,2-7,10-16,18-19H2,1H3,(H,29,34);8-9,17,21H,2-7,10-16,18-19H2,1H3,(H,29,34)/t21-,26+;21-/m11/s1. The zero-order valence-electron chi connectivity index (χ0n) is 43.6. The van der Waals surface area contributed by atoms with E-state index in [2.05, 4.69) is 10.6 Å². The molecule has 2 aliphatic carbocycles. The van der Waals surface area contributed by atoms with Crippen molar-refractivity contribution in [3.63, 3.8) is 0 Å². The van der Waals surface area contributed by atoms with Crippen LogP contribution >= 0.6 is 0 Å². The summed E-state index contributed by atoms with van der Waals surface area (Å²) in [6.45, 7) is 8.27. The van der Waals surface area contributed by atoms with Crippen LogP contribution in [0.5, 0.6) is 23.0 Å². The van der Waals surface area contributed by atoms with Crippen molar-refractivity contribution in [2.75, 3.05) is 66.2 Å². The number of unbranched alkanes of at least 4 members (excludes halogenated alkanes) is 2. The molecule has 4 heterocycles. The van der Waals surface area contributed by atoms with E-state index in [1.54, 1.807) is 46.2 Å². The van der Waals surface area contributed by atoms with Crippen LogP contribution in [0.2, 0.25) is 0 Å². The topological polar surface area (TPSA) is 226 Å². The maximum Gasteiger partial charge on any atom is 0.318 e. The van der Waals surface area contributed by atoms with Crippen molar-refractivity contribution in [3.05, 3.63) is 47.5 Å². The van der Waals surface area contributed by atoms with Crippen LogP contribution in [0.1, 0.15) is 141 Å². The predicted molar refractivity (Wildman–Crippen MR) is 272 cm³/mol. The fourth-order valence-electron chi connectivity index (χ4n) is 11.0. The highest BCUT2D eigenvalue weighted by molar-refractivity contribution is 6.38. The first kappa shape index (κ1) is 56.1. The molecule has 6 aliphatic rings. The summed E-state index contributed by atoms with van der Waals surface area (Å²) in [5, 5.41) is 17.2. The van der Waals surface area contributed by atoms with Crippen LogP contribution in [0.15, 0.2) is 36.4 Å². The van der Waals surface area contributed by atoms with Crippen molar-refractivity contribution in [3.8, 4) is 23.0 Å². The number of hydrogen-bond acceptors (Lipinski definition) is 14. The molecule has 2 aromatic rings. The molecule has 406 valence electrons.